The standard InChI is InChI=1S/C17H17Cl2N5O2/c1-11-9-14(16(26)24-7-5-23(10-25)6-8-24)22-17(20-11)21-13-4-2-3-12(18)15(13)19/h2-4,9-10H,5-8H2,1H3,(H,20,21,22). The molecule has 3 rings (SSSR count). The Kier molecular flexibility index (Phi) is 5.58. The first-order valence-electron chi connectivity index (χ1n) is 8.03. The molecule has 1 fully saturated rings. The number of carbonyl (C=O) groups excluding carboxylic acids is 2. The van der Waals surface area contributed by atoms with Crippen LogP contribution in [-0.4, -0.2) is 58.3 Å². The number of carbonyl (C=O) groups is 2. The van der Waals surface area contributed by atoms with Gasteiger partial charge in [0.1, 0.15) is 5.69 Å². The van der Waals surface area contributed by atoms with E-state index in [0.717, 1.165) is 6.41 Å². The Labute approximate surface area is 160 Å². The van der Waals surface area contributed by atoms with E-state index in [1.807, 2.05) is 0 Å². The number of hydrogen-bond donors (Lipinski definition) is 1. The highest BCUT2D eigenvalue weighted by Crippen LogP contribution is 2.31. The number of amides is 2. The zero-order valence-corrected chi connectivity index (χ0v) is 15.6. The molecule has 0 saturated carbocycles. The number of halogens is 2. The van der Waals surface area contributed by atoms with Crippen LogP contribution in [0.2, 0.25) is 10.0 Å². The molecular formula is C17H17Cl2N5O2. The lowest BCUT2D eigenvalue weighted by Crippen LogP contribution is -2.48. The molecule has 9 heteroatoms. The molecule has 2 amide bonds. The monoisotopic (exact) mass is 393 g/mol. The van der Waals surface area contributed by atoms with Crippen LogP contribution in [0, 0.1) is 6.92 Å². The van der Waals surface area contributed by atoms with Crippen molar-refractivity contribution in [2.24, 2.45) is 0 Å². The van der Waals surface area contributed by atoms with Crippen LogP contribution in [0.1, 0.15) is 16.2 Å². The summed E-state index contributed by atoms with van der Waals surface area (Å²) in [5, 5.41) is 3.77. The van der Waals surface area contributed by atoms with E-state index in [1.165, 1.54) is 0 Å². The molecule has 1 saturated heterocycles. The average molecular weight is 394 g/mol. The Morgan fingerprint density at radius 3 is 2.62 bits per heavy atom. The molecule has 26 heavy (non-hydrogen) atoms. The van der Waals surface area contributed by atoms with Gasteiger partial charge < -0.3 is 15.1 Å². The third kappa shape index (κ3) is 4.05. The van der Waals surface area contributed by atoms with Crippen LogP contribution >= 0.6 is 23.2 Å². The van der Waals surface area contributed by atoms with Crippen LogP contribution in [0.25, 0.3) is 0 Å². The fourth-order valence-electron chi connectivity index (χ4n) is 2.65. The number of anilines is 2. The Balaban J connectivity index is 1.80. The highest BCUT2D eigenvalue weighted by Gasteiger charge is 2.23. The molecular weight excluding hydrogens is 377 g/mol. The van der Waals surface area contributed by atoms with Gasteiger partial charge in [-0.3, -0.25) is 9.59 Å². The fourth-order valence-corrected chi connectivity index (χ4v) is 2.99. The number of nitrogens with one attached hydrogen (secondary N) is 1. The number of aryl methyl sites for hydroxylation is 1. The van der Waals surface area contributed by atoms with E-state index in [9.17, 15) is 9.59 Å². The molecule has 1 aliphatic rings. The van der Waals surface area contributed by atoms with Gasteiger partial charge in [0, 0.05) is 31.9 Å². The number of benzene rings is 1. The second-order valence-electron chi connectivity index (χ2n) is 5.88. The first kappa shape index (κ1) is 18.4. The number of piperazine rings is 1. The minimum absolute atomic E-state index is 0.193. The summed E-state index contributed by atoms with van der Waals surface area (Å²) >= 11 is 12.2. The lowest BCUT2D eigenvalue weighted by Gasteiger charge is -2.32. The van der Waals surface area contributed by atoms with E-state index in [2.05, 4.69) is 15.3 Å². The second-order valence-corrected chi connectivity index (χ2v) is 6.66. The summed E-state index contributed by atoms with van der Waals surface area (Å²) in [6.45, 7) is 3.77. The number of nitrogens with zero attached hydrogens (tertiary/aromatic N) is 4. The molecule has 1 aliphatic heterocycles. The molecule has 0 spiro atoms. The quantitative estimate of drug-likeness (QED) is 0.807. The Morgan fingerprint density at radius 1 is 1.19 bits per heavy atom. The van der Waals surface area contributed by atoms with Crippen molar-refractivity contribution in [2.45, 2.75) is 6.92 Å². The van der Waals surface area contributed by atoms with Crippen LogP contribution < -0.4 is 5.32 Å². The van der Waals surface area contributed by atoms with E-state index >= 15 is 0 Å². The maximum Gasteiger partial charge on any atom is 0.272 e. The third-order valence-corrected chi connectivity index (χ3v) is 4.84. The van der Waals surface area contributed by atoms with E-state index in [1.54, 1.807) is 41.0 Å². The molecule has 0 atom stereocenters. The van der Waals surface area contributed by atoms with E-state index in [-0.39, 0.29) is 17.5 Å². The molecule has 2 heterocycles. The Bertz CT molecular complexity index is 838. The molecule has 0 radical (unpaired) electrons. The summed E-state index contributed by atoms with van der Waals surface area (Å²) in [5.74, 6) is 0.0744. The summed E-state index contributed by atoms with van der Waals surface area (Å²) in [7, 11) is 0. The first-order chi connectivity index (χ1) is 12.5. The summed E-state index contributed by atoms with van der Waals surface area (Å²) in [5.41, 5.74) is 1.50. The molecule has 0 unspecified atom stereocenters. The lowest BCUT2D eigenvalue weighted by molar-refractivity contribution is -0.119. The van der Waals surface area contributed by atoms with Gasteiger partial charge in [-0.1, -0.05) is 29.3 Å². The molecule has 2 aromatic rings. The molecule has 1 aromatic heterocycles. The highest BCUT2D eigenvalue weighted by atomic mass is 35.5. The number of aromatic nitrogens is 2. The van der Waals surface area contributed by atoms with Crippen molar-refractivity contribution in [3.63, 3.8) is 0 Å². The zero-order chi connectivity index (χ0) is 18.7. The SMILES string of the molecule is Cc1cc(C(=O)N2CCN(C=O)CC2)nc(Nc2cccc(Cl)c2Cl)n1. The van der Waals surface area contributed by atoms with Gasteiger partial charge in [0.25, 0.3) is 5.91 Å². The zero-order valence-electron chi connectivity index (χ0n) is 14.1. The molecule has 0 aliphatic carbocycles. The van der Waals surface area contributed by atoms with Gasteiger partial charge in [-0.15, -0.1) is 0 Å². The Morgan fingerprint density at radius 2 is 1.92 bits per heavy atom. The van der Waals surface area contributed by atoms with Gasteiger partial charge in [-0.2, -0.15) is 0 Å². The largest absolute Gasteiger partial charge is 0.342 e. The van der Waals surface area contributed by atoms with Crippen molar-refractivity contribution >= 4 is 47.2 Å². The topological polar surface area (TPSA) is 78.4 Å². The molecule has 0 bridgehead atoms. The predicted octanol–water partition coefficient (Wildman–Crippen LogP) is 2.75. The summed E-state index contributed by atoms with van der Waals surface area (Å²) in [4.78, 5) is 35.5. The first-order valence-corrected chi connectivity index (χ1v) is 8.79. The van der Waals surface area contributed by atoms with Crippen molar-refractivity contribution < 1.29 is 9.59 Å². The van der Waals surface area contributed by atoms with Crippen LogP contribution in [0.4, 0.5) is 11.6 Å². The normalized spacial score (nSPS) is 14.3. The predicted molar refractivity (Wildman–Crippen MR) is 100 cm³/mol. The van der Waals surface area contributed by atoms with Gasteiger partial charge in [0.2, 0.25) is 12.4 Å². The van der Waals surface area contributed by atoms with Gasteiger partial charge in [-0.25, -0.2) is 9.97 Å². The van der Waals surface area contributed by atoms with E-state index in [4.69, 9.17) is 23.2 Å². The van der Waals surface area contributed by atoms with Crippen LogP contribution in [0.15, 0.2) is 24.3 Å². The number of rotatable bonds is 4. The van der Waals surface area contributed by atoms with Crippen molar-refractivity contribution in [2.75, 3.05) is 31.5 Å². The van der Waals surface area contributed by atoms with Crippen LogP contribution in [-0.2, 0) is 4.79 Å². The van der Waals surface area contributed by atoms with E-state index < -0.39 is 0 Å². The molecule has 1 N–H and O–H groups in total. The molecule has 7 nitrogen and oxygen atoms in total. The smallest absolute Gasteiger partial charge is 0.272 e. The van der Waals surface area contributed by atoms with Crippen molar-refractivity contribution in [3.8, 4) is 0 Å². The summed E-state index contributed by atoms with van der Waals surface area (Å²) in [6, 6.07) is 6.82. The lowest BCUT2D eigenvalue weighted by atomic mass is 10.2. The van der Waals surface area contributed by atoms with Gasteiger partial charge in [-0.05, 0) is 25.1 Å². The fraction of sp³-hybridized carbons (Fsp3) is 0.294. The van der Waals surface area contributed by atoms with Crippen LogP contribution in [0.5, 0.6) is 0 Å². The Hall–Kier alpha value is -2.38. The second kappa shape index (κ2) is 7.88. The van der Waals surface area contributed by atoms with E-state index in [0.29, 0.717) is 47.6 Å². The molecule has 136 valence electrons. The summed E-state index contributed by atoms with van der Waals surface area (Å²) in [6.07, 6.45) is 0.799. The highest BCUT2D eigenvalue weighted by molar-refractivity contribution is 6.43. The van der Waals surface area contributed by atoms with Crippen molar-refractivity contribution in [1.82, 2.24) is 19.8 Å². The minimum Gasteiger partial charge on any atom is -0.342 e. The average Bonchev–Trinajstić information content (AvgIpc) is 2.64. The van der Waals surface area contributed by atoms with Crippen molar-refractivity contribution in [3.05, 3.63) is 45.7 Å². The van der Waals surface area contributed by atoms with Gasteiger partial charge in [0.05, 0.1) is 15.7 Å². The number of hydrogen-bond acceptors (Lipinski definition) is 5. The van der Waals surface area contributed by atoms with Crippen molar-refractivity contribution in [1.29, 1.82) is 0 Å². The van der Waals surface area contributed by atoms with Gasteiger partial charge in [0.15, 0.2) is 0 Å². The summed E-state index contributed by atoms with van der Waals surface area (Å²) < 4.78 is 0. The molecule has 1 aromatic carbocycles. The maximum absolute atomic E-state index is 12.7. The van der Waals surface area contributed by atoms with Gasteiger partial charge >= 0.3 is 0 Å². The van der Waals surface area contributed by atoms with Crippen LogP contribution in [0.3, 0.4) is 0 Å². The minimum atomic E-state index is -0.193. The maximum atomic E-state index is 12.7. The third-order valence-electron chi connectivity index (χ3n) is 4.02.